The summed E-state index contributed by atoms with van der Waals surface area (Å²) in [7, 11) is 0. The monoisotopic (exact) mass is 367 g/mol. The third kappa shape index (κ3) is 3.93. The van der Waals surface area contributed by atoms with E-state index in [0.29, 0.717) is 0 Å². The average Bonchev–Trinajstić information content (AvgIpc) is 2.57. The van der Waals surface area contributed by atoms with E-state index in [0.717, 1.165) is 17.0 Å². The number of nitrogens with one attached hydrogen (secondary N) is 2. The van der Waals surface area contributed by atoms with Gasteiger partial charge in [0.25, 0.3) is 0 Å². The Morgan fingerprint density at radius 2 is 2.04 bits per heavy atom. The lowest BCUT2D eigenvalue weighted by molar-refractivity contribution is -0.140. The molecule has 2 rings (SSSR count). The number of carbonyl (C=O) groups is 3. The van der Waals surface area contributed by atoms with Crippen LogP contribution in [0.4, 0.5) is 23.7 Å². The number of alkyl halides is 3. The second-order valence-electron chi connectivity index (χ2n) is 5.41. The summed E-state index contributed by atoms with van der Waals surface area (Å²) in [6.45, 7) is 4.85. The lowest BCUT2D eigenvalue weighted by Crippen LogP contribution is -2.58. The van der Waals surface area contributed by atoms with Gasteiger partial charge in [-0.25, -0.2) is 4.79 Å². The molecule has 1 aromatic rings. The molecule has 0 spiro atoms. The van der Waals surface area contributed by atoms with Crippen molar-refractivity contribution in [2.45, 2.75) is 13.1 Å². The number of imide groups is 2. The van der Waals surface area contributed by atoms with Crippen molar-refractivity contribution in [3.8, 4) is 0 Å². The van der Waals surface area contributed by atoms with Gasteiger partial charge < -0.3 is 5.32 Å². The quantitative estimate of drug-likeness (QED) is 0.620. The van der Waals surface area contributed by atoms with E-state index >= 15 is 0 Å². The summed E-state index contributed by atoms with van der Waals surface area (Å²) in [5.74, 6) is -3.02. The van der Waals surface area contributed by atoms with E-state index in [4.69, 9.17) is 0 Å². The van der Waals surface area contributed by atoms with Gasteiger partial charge in [-0.2, -0.15) is 13.2 Å². The molecule has 26 heavy (non-hydrogen) atoms. The number of urea groups is 1. The molecule has 9 heteroatoms. The van der Waals surface area contributed by atoms with Gasteiger partial charge in [0.05, 0.1) is 5.56 Å². The van der Waals surface area contributed by atoms with Gasteiger partial charge in [0.2, 0.25) is 11.8 Å². The Balaban J connectivity index is 2.30. The molecule has 0 unspecified atom stereocenters. The Morgan fingerprint density at radius 1 is 1.35 bits per heavy atom. The van der Waals surface area contributed by atoms with Crippen molar-refractivity contribution in [3.63, 3.8) is 0 Å². The number of barbiturate groups is 1. The van der Waals surface area contributed by atoms with Crippen LogP contribution in [0.25, 0.3) is 0 Å². The van der Waals surface area contributed by atoms with Gasteiger partial charge in [0.15, 0.2) is 5.92 Å². The molecular weight excluding hydrogens is 351 g/mol. The maximum absolute atomic E-state index is 12.8. The fourth-order valence-electron chi connectivity index (χ4n) is 2.44. The number of hydrogen-bond donors (Lipinski definition) is 2. The highest BCUT2D eigenvalue weighted by Gasteiger charge is 2.42. The molecule has 0 aliphatic carbocycles. The molecule has 1 fully saturated rings. The van der Waals surface area contributed by atoms with Gasteiger partial charge in [0, 0.05) is 17.9 Å². The lowest BCUT2D eigenvalue weighted by atomic mass is 9.99. The van der Waals surface area contributed by atoms with Gasteiger partial charge in [-0.15, -0.1) is 6.58 Å². The molecule has 4 amide bonds. The topological polar surface area (TPSA) is 78.5 Å². The molecule has 1 atom stereocenters. The molecule has 0 radical (unpaired) electrons. The van der Waals surface area contributed by atoms with Crippen LogP contribution in [-0.4, -0.2) is 29.3 Å². The van der Waals surface area contributed by atoms with Gasteiger partial charge in [-0.3, -0.25) is 19.8 Å². The molecule has 1 saturated heterocycles. The minimum Gasteiger partial charge on any atom is -0.358 e. The first-order valence-electron chi connectivity index (χ1n) is 7.56. The second kappa shape index (κ2) is 7.42. The van der Waals surface area contributed by atoms with Crippen molar-refractivity contribution < 1.29 is 27.6 Å². The third-order valence-electron chi connectivity index (χ3n) is 3.66. The first-order chi connectivity index (χ1) is 12.2. The largest absolute Gasteiger partial charge is 0.416 e. The van der Waals surface area contributed by atoms with E-state index < -0.39 is 35.5 Å². The maximum Gasteiger partial charge on any atom is 0.416 e. The van der Waals surface area contributed by atoms with E-state index in [9.17, 15) is 27.6 Å². The van der Waals surface area contributed by atoms with E-state index in [2.05, 4.69) is 11.9 Å². The van der Waals surface area contributed by atoms with Crippen LogP contribution in [0, 0.1) is 5.92 Å². The van der Waals surface area contributed by atoms with E-state index in [1.807, 2.05) is 5.32 Å². The number of rotatable bonds is 5. The maximum atomic E-state index is 12.8. The molecular formula is C17H16F3N3O3. The molecule has 0 saturated carbocycles. The van der Waals surface area contributed by atoms with Crippen LogP contribution in [-0.2, 0) is 15.8 Å². The van der Waals surface area contributed by atoms with Crippen molar-refractivity contribution in [2.24, 2.45) is 5.92 Å². The molecule has 1 heterocycles. The van der Waals surface area contributed by atoms with Crippen LogP contribution in [0.1, 0.15) is 12.5 Å². The van der Waals surface area contributed by atoms with Crippen LogP contribution < -0.4 is 10.6 Å². The number of halogens is 3. The Bertz CT molecular complexity index is 787. The van der Waals surface area contributed by atoms with E-state index in [1.165, 1.54) is 31.2 Å². The lowest BCUT2D eigenvalue weighted by Gasteiger charge is -2.31. The van der Waals surface area contributed by atoms with Crippen molar-refractivity contribution in [1.82, 2.24) is 10.2 Å². The first kappa shape index (κ1) is 19.2. The van der Waals surface area contributed by atoms with Crippen LogP contribution in [0.15, 0.2) is 48.7 Å². The van der Waals surface area contributed by atoms with Crippen molar-refractivity contribution >= 4 is 23.5 Å². The molecule has 1 aliphatic heterocycles. The van der Waals surface area contributed by atoms with Gasteiger partial charge in [-0.05, 0) is 25.1 Å². The van der Waals surface area contributed by atoms with Gasteiger partial charge >= 0.3 is 12.2 Å². The van der Waals surface area contributed by atoms with Crippen LogP contribution in [0.2, 0.25) is 0 Å². The van der Waals surface area contributed by atoms with Crippen LogP contribution in [0.3, 0.4) is 0 Å². The predicted octanol–water partition coefficient (Wildman–Crippen LogP) is 2.90. The highest BCUT2D eigenvalue weighted by atomic mass is 19.4. The van der Waals surface area contributed by atoms with Gasteiger partial charge in [0.1, 0.15) is 0 Å². The summed E-state index contributed by atoms with van der Waals surface area (Å²) in [6, 6.07) is 3.47. The number of allylic oxidation sites excluding steroid dienone is 1. The SMILES string of the molecule is C=CCN1C(=O)NC(=O)[C@H](/C(=C\C)Nc2cccc(C(F)(F)F)c2)C1=O. The fraction of sp³-hybridized carbons (Fsp3) is 0.235. The fourth-order valence-corrected chi connectivity index (χ4v) is 2.44. The predicted molar refractivity (Wildman–Crippen MR) is 87.8 cm³/mol. The third-order valence-corrected chi connectivity index (χ3v) is 3.66. The minimum absolute atomic E-state index is 0.0562. The summed E-state index contributed by atoms with van der Waals surface area (Å²) in [5.41, 5.74) is -0.755. The Morgan fingerprint density at radius 3 is 2.62 bits per heavy atom. The highest BCUT2D eigenvalue weighted by Crippen LogP contribution is 2.31. The second-order valence-corrected chi connectivity index (χ2v) is 5.41. The average molecular weight is 367 g/mol. The summed E-state index contributed by atoms with van der Waals surface area (Å²) in [6.07, 6.45) is -1.82. The van der Waals surface area contributed by atoms with E-state index in [-0.39, 0.29) is 17.9 Å². The highest BCUT2D eigenvalue weighted by molar-refractivity contribution is 6.18. The molecule has 1 aliphatic rings. The number of benzene rings is 1. The standard InChI is InChI=1S/C17H16F3N3O3/c1-3-8-23-15(25)13(14(24)22-16(23)26)12(4-2)21-11-7-5-6-10(9-11)17(18,19)20/h3-7,9,13,21H,1,8H2,2H3,(H,22,24,26)/b12-4+/t13-/m0/s1. The summed E-state index contributed by atoms with van der Waals surface area (Å²) >= 11 is 0. The number of hydrogen-bond acceptors (Lipinski definition) is 4. The molecule has 0 bridgehead atoms. The summed E-state index contributed by atoms with van der Waals surface area (Å²) in [5, 5.41) is 4.71. The molecule has 1 aromatic carbocycles. The Labute approximate surface area is 147 Å². The zero-order chi connectivity index (χ0) is 19.5. The van der Waals surface area contributed by atoms with E-state index in [1.54, 1.807) is 0 Å². The normalized spacial score (nSPS) is 18.6. The number of carbonyl (C=O) groups excluding carboxylic acids is 3. The molecule has 138 valence electrons. The summed E-state index contributed by atoms with van der Waals surface area (Å²) in [4.78, 5) is 37.1. The smallest absolute Gasteiger partial charge is 0.358 e. The Hall–Kier alpha value is -3.10. The summed E-state index contributed by atoms with van der Waals surface area (Å²) < 4.78 is 38.5. The zero-order valence-electron chi connectivity index (χ0n) is 13.8. The van der Waals surface area contributed by atoms with Crippen LogP contribution >= 0.6 is 0 Å². The Kier molecular flexibility index (Phi) is 5.49. The minimum atomic E-state index is -4.53. The first-order valence-corrected chi connectivity index (χ1v) is 7.56. The number of anilines is 1. The van der Waals surface area contributed by atoms with Crippen molar-refractivity contribution in [3.05, 3.63) is 54.3 Å². The molecule has 0 aromatic heterocycles. The van der Waals surface area contributed by atoms with Crippen molar-refractivity contribution in [1.29, 1.82) is 0 Å². The molecule has 6 nitrogen and oxygen atoms in total. The van der Waals surface area contributed by atoms with Crippen LogP contribution in [0.5, 0.6) is 0 Å². The number of amides is 4. The molecule has 2 N–H and O–H groups in total. The number of nitrogens with zero attached hydrogens (tertiary/aromatic N) is 1. The zero-order valence-corrected chi connectivity index (χ0v) is 13.8. The van der Waals surface area contributed by atoms with Gasteiger partial charge in [-0.1, -0.05) is 18.2 Å². The van der Waals surface area contributed by atoms with Crippen molar-refractivity contribution in [2.75, 3.05) is 11.9 Å².